The lowest BCUT2D eigenvalue weighted by Crippen LogP contribution is -2.45. The van der Waals surface area contributed by atoms with E-state index in [9.17, 15) is 22.8 Å². The van der Waals surface area contributed by atoms with E-state index in [0.717, 1.165) is 15.6 Å². The molecule has 53 heavy (non-hydrogen) atoms. The zero-order valence-corrected chi connectivity index (χ0v) is 30.1. The molecule has 6 bridgehead atoms. The van der Waals surface area contributed by atoms with Crippen molar-refractivity contribution in [2.24, 2.45) is 0 Å². The number of para-hydroxylation sites is 1. The van der Waals surface area contributed by atoms with Crippen LogP contribution in [-0.2, 0) is 37.4 Å². The molecule has 0 saturated carbocycles. The van der Waals surface area contributed by atoms with Gasteiger partial charge in [-0.15, -0.1) is 0 Å². The number of hydrogen-bond donors (Lipinski definition) is 3. The first-order valence-electron chi connectivity index (χ1n) is 16.8. The highest BCUT2D eigenvalue weighted by atomic mass is 32.2. The molecule has 7 rings (SSSR count). The summed E-state index contributed by atoms with van der Waals surface area (Å²) in [6.45, 7) is 0.397. The molecule has 0 spiro atoms. The van der Waals surface area contributed by atoms with Gasteiger partial charge in [-0.05, 0) is 47.7 Å². The Kier molecular flexibility index (Phi) is 11.9. The Hall–Kier alpha value is -5.46. The topological polar surface area (TPSA) is 199 Å². The van der Waals surface area contributed by atoms with E-state index in [1.165, 1.54) is 17.4 Å². The fraction of sp³-hybridized carbons (Fsp3) is 0.343. The lowest BCUT2D eigenvalue weighted by Gasteiger charge is -2.36. The smallest absolute Gasteiger partial charge is 0.290 e. The summed E-state index contributed by atoms with van der Waals surface area (Å²) in [5.74, 6) is 0.00783. The average Bonchev–Trinajstić information content (AvgIpc) is 3.84. The monoisotopic (exact) mass is 766 g/mol. The van der Waals surface area contributed by atoms with E-state index >= 15 is 0 Å². The highest BCUT2D eigenvalue weighted by molar-refractivity contribution is 7.89. The zero-order valence-electron chi connectivity index (χ0n) is 28.5. The second-order valence-corrected chi connectivity index (χ2v) is 14.8. The van der Waals surface area contributed by atoms with Gasteiger partial charge in [0.25, 0.3) is 12.4 Å². The molecule has 4 aromatic rings. The fourth-order valence-electron chi connectivity index (χ4n) is 6.36. The molecule has 2 aromatic heterocycles. The summed E-state index contributed by atoms with van der Waals surface area (Å²) in [5.41, 5.74) is 2.93. The number of benzene rings is 2. The molecule has 0 fully saturated rings. The second kappa shape index (κ2) is 16.9. The number of hydrogen-bond acceptors (Lipinski definition) is 11. The molecular weight excluding hydrogens is 729 g/mol. The zero-order chi connectivity index (χ0) is 37.4. The van der Waals surface area contributed by atoms with E-state index in [4.69, 9.17) is 29.1 Å². The van der Waals surface area contributed by atoms with Crippen molar-refractivity contribution < 1.29 is 46.9 Å². The number of carboxylic acid groups (broad SMARTS) is 1. The van der Waals surface area contributed by atoms with Gasteiger partial charge in [0.15, 0.2) is 11.5 Å². The molecule has 5 heterocycles. The molecular formula is C35H38N6O10S2. The van der Waals surface area contributed by atoms with Gasteiger partial charge in [-0.3, -0.25) is 19.2 Å². The van der Waals surface area contributed by atoms with Crippen molar-refractivity contribution >= 4 is 45.6 Å². The lowest BCUT2D eigenvalue weighted by molar-refractivity contribution is -0.123. The van der Waals surface area contributed by atoms with Crippen molar-refractivity contribution in [1.82, 2.24) is 29.4 Å². The first-order valence-corrected chi connectivity index (χ1v) is 19.2. The van der Waals surface area contributed by atoms with E-state index < -0.39 is 28.5 Å². The molecule has 3 amide bonds. The van der Waals surface area contributed by atoms with Gasteiger partial charge in [0.1, 0.15) is 36.4 Å². The van der Waals surface area contributed by atoms with Crippen LogP contribution in [0.5, 0.6) is 17.2 Å². The number of thiophene rings is 1. The van der Waals surface area contributed by atoms with Crippen molar-refractivity contribution in [2.75, 3.05) is 52.5 Å². The molecule has 280 valence electrons. The van der Waals surface area contributed by atoms with Crippen LogP contribution in [0, 0.1) is 0 Å². The Labute approximate surface area is 309 Å². The molecule has 0 saturated heterocycles. The Bertz CT molecular complexity index is 2050. The number of nitrogens with zero attached hydrogens (tertiary/aromatic N) is 4. The highest BCUT2D eigenvalue weighted by Crippen LogP contribution is 2.38. The predicted octanol–water partition coefficient (Wildman–Crippen LogP) is 1.91. The number of sulfonamides is 1. The van der Waals surface area contributed by atoms with E-state index in [-0.39, 0.29) is 74.9 Å². The summed E-state index contributed by atoms with van der Waals surface area (Å²) < 4.78 is 48.0. The number of imidazole rings is 1. The van der Waals surface area contributed by atoms with Gasteiger partial charge in [0.2, 0.25) is 21.8 Å². The van der Waals surface area contributed by atoms with Crippen LogP contribution in [0.15, 0.2) is 70.5 Å². The van der Waals surface area contributed by atoms with Crippen molar-refractivity contribution in [1.29, 1.82) is 0 Å². The number of carbonyl (C=O) groups excluding carboxylic acids is 3. The molecule has 18 heteroatoms. The summed E-state index contributed by atoms with van der Waals surface area (Å²) in [4.78, 5) is 54.8. The average molecular weight is 767 g/mol. The summed E-state index contributed by atoms with van der Waals surface area (Å²) >= 11 is 1.45. The molecule has 3 aliphatic heterocycles. The summed E-state index contributed by atoms with van der Waals surface area (Å²) in [7, 11) is -4.25. The van der Waals surface area contributed by atoms with Crippen molar-refractivity contribution in [3.05, 3.63) is 88.1 Å². The number of rotatable bonds is 3. The molecule has 0 radical (unpaired) electrons. The highest BCUT2D eigenvalue weighted by Gasteiger charge is 2.37. The largest absolute Gasteiger partial charge is 0.494 e. The summed E-state index contributed by atoms with van der Waals surface area (Å²) in [6.07, 6.45) is 2.54. The van der Waals surface area contributed by atoms with Crippen molar-refractivity contribution in [3.63, 3.8) is 0 Å². The van der Waals surface area contributed by atoms with E-state index in [0.29, 0.717) is 42.1 Å². The van der Waals surface area contributed by atoms with Crippen molar-refractivity contribution in [3.8, 4) is 17.2 Å². The SMILES string of the molecule is O=C1CN(S(=O)(=O)c2cccc3c2OCCO3)CCNC(=O)Cn2cnc3c2CCN(C(=O)c2ccsc2)C3c2cccc(c2)OCCCN1.O=CO. The molecule has 0 aliphatic carbocycles. The number of ether oxygens (including phenoxy) is 3. The van der Waals surface area contributed by atoms with Crippen LogP contribution in [-0.4, -0.2) is 109 Å². The molecule has 16 nitrogen and oxygen atoms in total. The molecule has 1 unspecified atom stereocenters. The number of aromatic nitrogens is 2. The van der Waals surface area contributed by atoms with Crippen LogP contribution in [0.4, 0.5) is 0 Å². The predicted molar refractivity (Wildman–Crippen MR) is 191 cm³/mol. The summed E-state index contributed by atoms with van der Waals surface area (Å²) in [6, 6.07) is 13.4. The summed E-state index contributed by atoms with van der Waals surface area (Å²) in [5, 5.41) is 16.2. The van der Waals surface area contributed by atoms with E-state index in [1.807, 2.05) is 35.0 Å². The third-order valence-corrected chi connectivity index (χ3v) is 11.3. The van der Waals surface area contributed by atoms with Gasteiger partial charge in [0, 0.05) is 43.7 Å². The minimum absolute atomic E-state index is 0.0548. The first-order chi connectivity index (χ1) is 25.7. The van der Waals surface area contributed by atoms with E-state index in [2.05, 4.69) is 10.6 Å². The van der Waals surface area contributed by atoms with Crippen LogP contribution in [0.2, 0.25) is 0 Å². The standard InChI is InChI=1S/C34H36N6O8S2.CH2O2/c41-29-19-38-22-37-31-26(38)8-12-40(34(43)24-9-17-49-21-24)32(31)23-4-1-5-25(18-23)46-14-3-10-35-30(42)20-39(13-11-36-29)50(44,45)28-7-2-6-27-33(28)48-16-15-47-27;2-1-3/h1-2,4-7,9,17-18,21-22,32H,3,8,10-16,19-20H2,(H,35,42)(H,36,41);1H,(H,2,3). The Morgan fingerprint density at radius 3 is 2.55 bits per heavy atom. The maximum absolute atomic E-state index is 14.0. The van der Waals surface area contributed by atoms with Crippen LogP contribution < -0.4 is 24.8 Å². The Morgan fingerprint density at radius 2 is 1.74 bits per heavy atom. The van der Waals surface area contributed by atoms with Gasteiger partial charge < -0.3 is 39.4 Å². The van der Waals surface area contributed by atoms with Crippen LogP contribution in [0.1, 0.15) is 39.8 Å². The number of nitrogens with one attached hydrogen (secondary N) is 2. The van der Waals surface area contributed by atoms with Crippen LogP contribution in [0.3, 0.4) is 0 Å². The Balaban J connectivity index is 0.00000155. The maximum atomic E-state index is 14.0. The van der Waals surface area contributed by atoms with Gasteiger partial charge in [-0.25, -0.2) is 13.4 Å². The molecule has 2 aromatic carbocycles. The van der Waals surface area contributed by atoms with Gasteiger partial charge in [0.05, 0.1) is 30.7 Å². The first kappa shape index (κ1) is 37.3. The van der Waals surface area contributed by atoms with Gasteiger partial charge in [-0.2, -0.15) is 15.6 Å². The maximum Gasteiger partial charge on any atom is 0.290 e. The number of carbonyl (C=O) groups is 4. The van der Waals surface area contributed by atoms with Crippen LogP contribution >= 0.6 is 11.3 Å². The minimum Gasteiger partial charge on any atom is -0.494 e. The fourth-order valence-corrected chi connectivity index (χ4v) is 8.53. The van der Waals surface area contributed by atoms with Crippen LogP contribution in [0.25, 0.3) is 0 Å². The quantitative estimate of drug-likeness (QED) is 0.258. The Morgan fingerprint density at radius 1 is 0.962 bits per heavy atom. The minimum atomic E-state index is -4.25. The third kappa shape index (κ3) is 8.45. The van der Waals surface area contributed by atoms with E-state index in [1.54, 1.807) is 34.0 Å². The number of amides is 3. The van der Waals surface area contributed by atoms with Gasteiger partial charge >= 0.3 is 0 Å². The van der Waals surface area contributed by atoms with Crippen molar-refractivity contribution in [2.45, 2.75) is 30.3 Å². The number of fused-ring (bicyclic) bond motifs is 4. The normalized spacial score (nSPS) is 18.3. The lowest BCUT2D eigenvalue weighted by atomic mass is 9.94. The molecule has 3 N–H and O–H groups in total. The molecule has 3 aliphatic rings. The molecule has 1 atom stereocenters. The van der Waals surface area contributed by atoms with Gasteiger partial charge in [-0.1, -0.05) is 18.2 Å². The third-order valence-electron chi connectivity index (χ3n) is 8.72. The second-order valence-electron chi connectivity index (χ2n) is 12.1.